The van der Waals surface area contributed by atoms with E-state index in [1.165, 1.54) is 13.8 Å². The van der Waals surface area contributed by atoms with E-state index >= 15 is 0 Å². The van der Waals surface area contributed by atoms with Crippen molar-refractivity contribution in [1.82, 2.24) is 0 Å². The van der Waals surface area contributed by atoms with Crippen LogP contribution in [0, 0.1) is 17.3 Å². The third-order valence-electron chi connectivity index (χ3n) is 8.80. The van der Waals surface area contributed by atoms with Crippen LogP contribution in [0.5, 0.6) is 0 Å². The molecule has 12 nitrogen and oxygen atoms in total. The van der Waals surface area contributed by atoms with Crippen molar-refractivity contribution < 1.29 is 57.5 Å². The lowest BCUT2D eigenvalue weighted by molar-refractivity contribution is -0.347. The second-order valence-electron chi connectivity index (χ2n) is 11.5. The van der Waals surface area contributed by atoms with E-state index in [9.17, 15) is 29.1 Å². The van der Waals surface area contributed by atoms with E-state index < -0.39 is 101 Å². The predicted molar refractivity (Wildman–Crippen MR) is 139 cm³/mol. The molecular weight excluding hydrogens is 564 g/mol. The fraction of sp³-hybridized carbons (Fsp3) is 0.679. The van der Waals surface area contributed by atoms with Gasteiger partial charge in [-0.25, -0.2) is 0 Å². The minimum Gasteiger partial charge on any atom is -0.462 e. The van der Waals surface area contributed by atoms with Crippen molar-refractivity contribution in [2.75, 3.05) is 0 Å². The number of fused-ring (bicyclic) bond motifs is 2. The highest BCUT2D eigenvalue weighted by atomic mass is 35.5. The first kappa shape index (κ1) is 31.0. The van der Waals surface area contributed by atoms with Gasteiger partial charge in [0.1, 0.15) is 24.4 Å². The van der Waals surface area contributed by atoms with Gasteiger partial charge in [-0.2, -0.15) is 0 Å². The standard InChI is InChI=1S/C28H35ClO12/c1-11-9-18(36-14(4)30)22(38-16(6)32)26(8)19(37-15(5)31)10-27(35)12(2)21(29)24-28(41-27,13(3)25(34)40-24)23(20(11)26)39-17(7)33/h13,18-24,35H,1-2,9-10H2,3-8H3/t13-,18-,19-,20+,21-,22-,23-,24-,26+,27-,28+/m0/s1. The molecule has 4 fully saturated rings. The van der Waals surface area contributed by atoms with Gasteiger partial charge in [0.2, 0.25) is 0 Å². The van der Waals surface area contributed by atoms with Crippen molar-refractivity contribution >= 4 is 41.4 Å². The SMILES string of the molecule is C=C1C[C@H](OC(C)=O)[C@H](OC(C)=O)[C@]2(C)[C@@H](OC(C)=O)C[C@]3(O)O[C@]4([C@@H](C)C(=O)O[C@H]4[C@@H](Cl)C3=C)[C@@H](OC(C)=O)[C@@H]12. The molecule has 13 heteroatoms. The zero-order valence-corrected chi connectivity index (χ0v) is 24.5. The molecule has 0 aromatic rings. The summed E-state index contributed by atoms with van der Waals surface area (Å²) in [6.07, 6.45) is -6.96. The molecule has 0 aromatic heterocycles. The lowest BCUT2D eigenvalue weighted by Gasteiger charge is -2.62. The Labute approximate surface area is 242 Å². The van der Waals surface area contributed by atoms with Gasteiger partial charge in [0.05, 0.1) is 16.7 Å². The molecule has 0 unspecified atom stereocenters. The fourth-order valence-electron chi connectivity index (χ4n) is 7.15. The van der Waals surface area contributed by atoms with E-state index in [0.29, 0.717) is 5.57 Å². The Balaban J connectivity index is 2.09. The van der Waals surface area contributed by atoms with Gasteiger partial charge in [0.15, 0.2) is 17.5 Å². The molecule has 0 radical (unpaired) electrons. The van der Waals surface area contributed by atoms with Crippen LogP contribution in [0.25, 0.3) is 0 Å². The first-order valence-electron chi connectivity index (χ1n) is 13.2. The van der Waals surface area contributed by atoms with E-state index in [2.05, 4.69) is 13.2 Å². The number of halogens is 1. The van der Waals surface area contributed by atoms with Crippen LogP contribution in [-0.4, -0.2) is 82.2 Å². The van der Waals surface area contributed by atoms with Crippen LogP contribution < -0.4 is 0 Å². The summed E-state index contributed by atoms with van der Waals surface area (Å²) in [5, 5.41) is 10.9. The summed E-state index contributed by atoms with van der Waals surface area (Å²) in [4.78, 5) is 62.9. The highest BCUT2D eigenvalue weighted by Gasteiger charge is 2.77. The zero-order valence-electron chi connectivity index (χ0n) is 23.8. The van der Waals surface area contributed by atoms with Crippen molar-refractivity contribution in [3.05, 3.63) is 24.3 Å². The number of hydrogen-bond donors (Lipinski definition) is 1. The highest BCUT2D eigenvalue weighted by molar-refractivity contribution is 6.23. The van der Waals surface area contributed by atoms with Gasteiger partial charge in [-0.1, -0.05) is 25.7 Å². The van der Waals surface area contributed by atoms with Crippen molar-refractivity contribution in [1.29, 1.82) is 0 Å². The maximum atomic E-state index is 13.1. The maximum Gasteiger partial charge on any atom is 0.312 e. The lowest BCUT2D eigenvalue weighted by atomic mass is 9.52. The van der Waals surface area contributed by atoms with Gasteiger partial charge >= 0.3 is 29.8 Å². The van der Waals surface area contributed by atoms with Crippen LogP contribution in [0.1, 0.15) is 54.4 Å². The number of rotatable bonds is 4. The Morgan fingerprint density at radius 3 is 2.02 bits per heavy atom. The minimum atomic E-state index is -2.34. The number of carbonyl (C=O) groups excluding carboxylic acids is 5. The van der Waals surface area contributed by atoms with Gasteiger partial charge in [0.25, 0.3) is 0 Å². The Hall–Kier alpha value is -2.96. The van der Waals surface area contributed by atoms with Gasteiger partial charge in [-0.15, -0.1) is 11.6 Å². The topological polar surface area (TPSA) is 161 Å². The van der Waals surface area contributed by atoms with Crippen LogP contribution in [0.4, 0.5) is 0 Å². The number of ether oxygens (including phenoxy) is 6. The summed E-state index contributed by atoms with van der Waals surface area (Å²) < 4.78 is 35.2. The van der Waals surface area contributed by atoms with Gasteiger partial charge in [0, 0.05) is 52.0 Å². The molecule has 41 heavy (non-hydrogen) atoms. The molecule has 1 N–H and O–H groups in total. The van der Waals surface area contributed by atoms with Gasteiger partial charge < -0.3 is 33.5 Å². The van der Waals surface area contributed by atoms with Crippen LogP contribution in [-0.2, 0) is 52.4 Å². The normalized spacial score (nSPS) is 43.4. The summed E-state index contributed by atoms with van der Waals surface area (Å²) in [7, 11) is 0. The zero-order chi connectivity index (χ0) is 30.8. The molecule has 4 aliphatic rings. The molecular formula is C28H35ClO12. The van der Waals surface area contributed by atoms with Crippen LogP contribution in [0.3, 0.4) is 0 Å². The van der Waals surface area contributed by atoms with Crippen molar-refractivity contribution in [2.45, 2.75) is 102 Å². The van der Waals surface area contributed by atoms with E-state index in [1.54, 1.807) is 6.92 Å². The van der Waals surface area contributed by atoms with E-state index in [-0.39, 0.29) is 12.0 Å². The smallest absolute Gasteiger partial charge is 0.312 e. The number of carbonyl (C=O) groups is 5. The minimum absolute atomic E-state index is 0.0481. The Kier molecular flexibility index (Phi) is 7.85. The highest BCUT2D eigenvalue weighted by Crippen LogP contribution is 2.62. The van der Waals surface area contributed by atoms with Crippen LogP contribution >= 0.6 is 11.6 Å². The second-order valence-corrected chi connectivity index (χ2v) is 11.9. The Morgan fingerprint density at radius 1 is 0.951 bits per heavy atom. The molecule has 3 saturated heterocycles. The maximum absolute atomic E-state index is 13.1. The van der Waals surface area contributed by atoms with Crippen molar-refractivity contribution in [3.8, 4) is 0 Å². The average Bonchev–Trinajstić information content (AvgIpc) is 3.08. The second kappa shape index (κ2) is 10.4. The summed E-state index contributed by atoms with van der Waals surface area (Å²) >= 11 is 6.78. The fourth-order valence-corrected chi connectivity index (χ4v) is 7.57. The number of esters is 5. The van der Waals surface area contributed by atoms with Crippen LogP contribution in [0.15, 0.2) is 24.3 Å². The van der Waals surface area contributed by atoms with Gasteiger partial charge in [-0.3, -0.25) is 24.0 Å². The molecule has 1 saturated carbocycles. The summed E-state index contributed by atoms with van der Waals surface area (Å²) in [6.45, 7) is 15.9. The molecule has 0 aromatic carbocycles. The molecule has 3 heterocycles. The summed E-state index contributed by atoms with van der Waals surface area (Å²) in [5.74, 6) is -8.19. The first-order chi connectivity index (χ1) is 18.9. The van der Waals surface area contributed by atoms with Crippen LogP contribution in [0.2, 0.25) is 0 Å². The molecule has 226 valence electrons. The number of hydrogen-bond acceptors (Lipinski definition) is 12. The van der Waals surface area contributed by atoms with E-state index in [0.717, 1.165) is 20.8 Å². The largest absolute Gasteiger partial charge is 0.462 e. The Bertz CT molecular complexity index is 1210. The van der Waals surface area contributed by atoms with Gasteiger partial charge in [-0.05, 0) is 6.92 Å². The summed E-state index contributed by atoms with van der Waals surface area (Å²) in [6, 6.07) is 0. The number of alkyl halides is 1. The Morgan fingerprint density at radius 2 is 1.49 bits per heavy atom. The predicted octanol–water partition coefficient (Wildman–Crippen LogP) is 1.88. The molecule has 1 aliphatic carbocycles. The molecule has 1 spiro atoms. The number of aliphatic hydroxyl groups is 1. The van der Waals surface area contributed by atoms with E-state index in [1.807, 2.05) is 0 Å². The van der Waals surface area contributed by atoms with Crippen molar-refractivity contribution in [3.63, 3.8) is 0 Å². The quantitative estimate of drug-likeness (QED) is 0.217. The molecule has 3 aliphatic heterocycles. The molecule has 4 rings (SSSR count). The first-order valence-corrected chi connectivity index (χ1v) is 13.7. The molecule has 11 atom stereocenters. The molecule has 0 amide bonds. The van der Waals surface area contributed by atoms with E-state index in [4.69, 9.17) is 40.0 Å². The molecule has 2 bridgehead atoms. The third kappa shape index (κ3) is 4.73. The average molecular weight is 599 g/mol. The third-order valence-corrected chi connectivity index (χ3v) is 9.30. The van der Waals surface area contributed by atoms with Crippen molar-refractivity contribution in [2.24, 2.45) is 17.3 Å². The lowest BCUT2D eigenvalue weighted by Crippen LogP contribution is -2.76. The summed E-state index contributed by atoms with van der Waals surface area (Å²) in [5.41, 5.74) is -3.20. The monoisotopic (exact) mass is 598 g/mol.